The van der Waals surface area contributed by atoms with Crippen molar-refractivity contribution in [3.8, 4) is 93.9 Å². The second-order valence-electron chi connectivity index (χ2n) is 28.3. The Morgan fingerprint density at radius 2 is 0.811 bits per heavy atom. The normalized spacial score (nSPS) is 13.3. The molecule has 0 unspecified atom stereocenters. The van der Waals surface area contributed by atoms with Crippen molar-refractivity contribution in [1.29, 1.82) is 0 Å². The van der Waals surface area contributed by atoms with Crippen molar-refractivity contribution in [3.05, 3.63) is 293 Å². The van der Waals surface area contributed by atoms with Gasteiger partial charge in [-0.3, -0.25) is 0 Å². The lowest BCUT2D eigenvalue weighted by Gasteiger charge is -2.32. The van der Waals surface area contributed by atoms with Crippen molar-refractivity contribution in [1.82, 2.24) is 58.5 Å². The predicted octanol–water partition coefficient (Wildman–Crippen LogP) is 20.0. The summed E-state index contributed by atoms with van der Waals surface area (Å²) >= 11 is 4.07. The SMILES string of the molecule is CC1(C)OB(c2ccc3c(c2)cc(-c2c(F)cccc2F)n3S(=O)(=O)c2ccccc2)OC1(C)C.Cc1sc(-c2ccnnc2)nc1-c1ccc2[nH]c(-c3c(F)cccc3F)cc2c1.Cc1sc(-c2ccnnc2)nc1-c1ccc2c(c1)cc(-c1c(F)cccc1F)n2S(=O)(=O)c1ccccc1.Cc1sc(-c2ccnnc2)nc1OS(=O)(=O)C(F)(F)F. The van der Waals surface area contributed by atoms with E-state index in [2.05, 4.69) is 44.7 Å². The van der Waals surface area contributed by atoms with Crippen molar-refractivity contribution >= 4 is 109 Å². The van der Waals surface area contributed by atoms with Gasteiger partial charge in [-0.2, -0.15) is 52.2 Å². The second-order valence-corrected chi connectivity index (χ2v) is 37.0. The first-order valence-electron chi connectivity index (χ1n) is 36.6. The van der Waals surface area contributed by atoms with Gasteiger partial charge in [-0.05, 0) is 181 Å². The number of aromatic nitrogens is 12. The third-order valence-corrected chi connectivity index (χ3v) is 27.2. The van der Waals surface area contributed by atoms with Crippen LogP contribution in [0, 0.1) is 55.7 Å². The molecule has 618 valence electrons. The van der Waals surface area contributed by atoms with E-state index >= 15 is 0 Å². The molecule has 1 saturated heterocycles. The van der Waals surface area contributed by atoms with E-state index in [0.29, 0.717) is 33.0 Å². The van der Waals surface area contributed by atoms with Crippen LogP contribution in [0.2, 0.25) is 0 Å². The molecule has 9 aromatic heterocycles. The fraction of sp³-hybridized carbons (Fsp3) is 0.118. The molecule has 0 atom stereocenters. The molecule has 21 nitrogen and oxygen atoms in total. The van der Waals surface area contributed by atoms with Crippen LogP contribution in [0.5, 0.6) is 5.88 Å². The number of aryl methyl sites for hydroxylation is 3. The third-order valence-electron chi connectivity index (χ3n) is 19.8. The molecule has 1 aliphatic heterocycles. The minimum atomic E-state index is -5.73. The lowest BCUT2D eigenvalue weighted by molar-refractivity contribution is -0.0501. The monoisotopic (exact) mass is 1770 g/mol. The number of fused-ring (bicyclic) bond motifs is 3. The van der Waals surface area contributed by atoms with Gasteiger partial charge in [-0.25, -0.2) is 66.1 Å². The topological polar surface area (TPSA) is 272 Å². The Morgan fingerprint density at radius 3 is 1.24 bits per heavy atom. The molecule has 37 heteroatoms. The number of H-pyrrole nitrogens is 1. The summed E-state index contributed by atoms with van der Waals surface area (Å²) in [5.41, 5.74) is 0.284. The molecular weight excluding hydrogens is 1710 g/mol. The Kier molecular flexibility index (Phi) is 23.2. The van der Waals surface area contributed by atoms with E-state index in [1.165, 1.54) is 103 Å². The predicted molar refractivity (Wildman–Crippen MR) is 449 cm³/mol. The van der Waals surface area contributed by atoms with E-state index in [1.54, 1.807) is 115 Å². The first-order chi connectivity index (χ1) is 58.1. The van der Waals surface area contributed by atoms with Gasteiger partial charge in [0, 0.05) is 59.2 Å². The number of rotatable bonds is 15. The average Bonchev–Trinajstić information content (AvgIpc) is 1.57. The molecule has 1 N–H and O–H groups in total. The van der Waals surface area contributed by atoms with Gasteiger partial charge in [-0.15, -0.1) is 34.0 Å². The fourth-order valence-electron chi connectivity index (χ4n) is 13.2. The fourth-order valence-corrected chi connectivity index (χ4v) is 19.4. The maximum absolute atomic E-state index is 14.9. The molecule has 0 saturated carbocycles. The van der Waals surface area contributed by atoms with Crippen LogP contribution < -0.4 is 9.65 Å². The van der Waals surface area contributed by atoms with E-state index in [9.17, 15) is 64.8 Å². The van der Waals surface area contributed by atoms with E-state index in [-0.39, 0.29) is 42.1 Å². The summed E-state index contributed by atoms with van der Waals surface area (Å²) in [7, 11) is -14.8. The molecule has 18 rings (SSSR count). The minimum Gasteiger partial charge on any atom is -0.399 e. The van der Waals surface area contributed by atoms with E-state index in [4.69, 9.17) is 19.3 Å². The third kappa shape index (κ3) is 16.8. The molecule has 0 amide bonds. The first-order valence-corrected chi connectivity index (χ1v) is 43.3. The molecule has 0 aliphatic carbocycles. The Labute approximate surface area is 703 Å². The minimum absolute atomic E-state index is 0.00511. The number of aromatic amines is 1. The number of alkyl halides is 3. The molecule has 0 spiro atoms. The zero-order valence-corrected chi connectivity index (χ0v) is 69.5. The molecular formula is C85H62BF9N12O9S6. The van der Waals surface area contributed by atoms with Crippen molar-refractivity contribution in [2.45, 2.75) is 75.0 Å². The molecule has 8 aromatic carbocycles. The number of nitrogens with one attached hydrogen (secondary N) is 1. The highest BCUT2D eigenvalue weighted by Crippen LogP contribution is 2.44. The van der Waals surface area contributed by atoms with Crippen LogP contribution in [0.25, 0.3) is 121 Å². The zero-order valence-electron chi connectivity index (χ0n) is 64.6. The van der Waals surface area contributed by atoms with Gasteiger partial charge in [0.25, 0.3) is 20.0 Å². The number of hydrogen-bond donors (Lipinski definition) is 1. The molecule has 17 aromatic rings. The van der Waals surface area contributed by atoms with Gasteiger partial charge < -0.3 is 18.5 Å². The summed E-state index contributed by atoms with van der Waals surface area (Å²) in [5, 5.41) is 26.3. The Balaban J connectivity index is 0.000000129. The number of hydrogen-bond acceptors (Lipinski definition) is 21. The van der Waals surface area contributed by atoms with Crippen molar-refractivity contribution in [2.24, 2.45) is 0 Å². The van der Waals surface area contributed by atoms with Crippen LogP contribution in [0.1, 0.15) is 42.3 Å². The number of nitrogens with zero attached hydrogens (tertiary/aromatic N) is 11. The summed E-state index contributed by atoms with van der Waals surface area (Å²) in [4.78, 5) is 18.6. The second kappa shape index (κ2) is 33.5. The first kappa shape index (κ1) is 84.5. The van der Waals surface area contributed by atoms with Gasteiger partial charge in [0.15, 0.2) is 0 Å². The number of halogens is 9. The van der Waals surface area contributed by atoms with E-state index in [0.717, 1.165) is 108 Å². The van der Waals surface area contributed by atoms with Crippen molar-refractivity contribution in [2.75, 3.05) is 0 Å². The lowest BCUT2D eigenvalue weighted by Crippen LogP contribution is -2.41. The molecule has 1 fully saturated rings. The van der Waals surface area contributed by atoms with Gasteiger partial charge >= 0.3 is 22.7 Å². The van der Waals surface area contributed by atoms with Crippen molar-refractivity contribution in [3.63, 3.8) is 0 Å². The molecule has 0 radical (unpaired) electrons. The standard InChI is InChI=1S/C28H18F2N4O2S2.C26H24BF2NO4S.C22H14F2N4S.C9H6F3N3O3S2/c1-17-27(33-28(37-17)19-12-13-31-32-16-19)18-10-11-24-20(14-18)15-25(26-22(29)8-5-9-23(26)30)34(24)38(35,36)21-6-3-2-4-7-21;1-25(2)26(3,4)34-27(33-25)18-13-14-22-17(15-18)16-23(24-20(28)11-8-12-21(24)29)30(22)35(31,32)19-9-6-5-7-10-19;1-12-21(28-22(29-12)14-7-8-25-26-11-14)13-5-6-18-15(9-13)10-19(27-18)20-16(23)3-2-4-17(20)24;1-5-7(18-20(16,17)9(10,11)12)15-8(19-5)6-2-3-13-14-4-6/h2-16H,1H3;5-16H,1-4H3;2-11,27H,1H3;2-4H,1H3. The number of benzene rings is 8. The highest BCUT2D eigenvalue weighted by Gasteiger charge is 2.52. The van der Waals surface area contributed by atoms with Crippen LogP contribution in [-0.2, 0) is 39.5 Å². The van der Waals surface area contributed by atoms with Gasteiger partial charge in [0.2, 0.25) is 5.88 Å². The summed E-state index contributed by atoms with van der Waals surface area (Å²) in [6.07, 6.45) is 9.28. The van der Waals surface area contributed by atoms with Crippen LogP contribution in [0.15, 0.2) is 253 Å². The molecule has 10 heterocycles. The average molecular weight is 1770 g/mol. The van der Waals surface area contributed by atoms with Crippen LogP contribution in [0.4, 0.5) is 39.5 Å². The highest BCUT2D eigenvalue weighted by atomic mass is 32.2. The Morgan fingerprint density at radius 1 is 0.418 bits per heavy atom. The molecule has 0 bridgehead atoms. The lowest BCUT2D eigenvalue weighted by atomic mass is 9.78. The maximum atomic E-state index is 14.9. The van der Waals surface area contributed by atoms with E-state index in [1.807, 2.05) is 71.9 Å². The Hall–Kier alpha value is -12.5. The largest absolute Gasteiger partial charge is 0.534 e. The summed E-state index contributed by atoms with van der Waals surface area (Å²) < 4.78 is 220. The van der Waals surface area contributed by atoms with Crippen molar-refractivity contribution < 1.29 is 78.3 Å². The Bertz CT molecular complexity index is 7120. The van der Waals surface area contributed by atoms with Gasteiger partial charge in [-0.1, -0.05) is 78.9 Å². The highest BCUT2D eigenvalue weighted by molar-refractivity contribution is 7.90. The van der Waals surface area contributed by atoms with E-state index < -0.39 is 106 Å². The summed E-state index contributed by atoms with van der Waals surface area (Å²) in [6.45, 7) is 13.1. The quantitative estimate of drug-likeness (QED) is 0.0432. The summed E-state index contributed by atoms with van der Waals surface area (Å²) in [6, 6.07) is 52.4. The maximum Gasteiger partial charge on any atom is 0.534 e. The smallest absolute Gasteiger partial charge is 0.399 e. The number of thiazole rings is 3. The van der Waals surface area contributed by atoms with Gasteiger partial charge in [0.1, 0.15) is 49.9 Å². The zero-order chi connectivity index (χ0) is 86.5. The van der Waals surface area contributed by atoms with Crippen LogP contribution in [0.3, 0.4) is 0 Å². The molecule has 1 aliphatic rings. The summed E-state index contributed by atoms with van der Waals surface area (Å²) in [5.74, 6) is -5.22. The molecule has 122 heavy (non-hydrogen) atoms. The van der Waals surface area contributed by atoms with Crippen LogP contribution in [-0.4, -0.2) is 108 Å². The van der Waals surface area contributed by atoms with Gasteiger partial charge in [0.05, 0.1) is 119 Å². The van der Waals surface area contributed by atoms with Crippen LogP contribution >= 0.6 is 34.0 Å².